The molecule has 1 aromatic carbocycles. The van der Waals surface area contributed by atoms with Crippen LogP contribution in [-0.4, -0.2) is 38.0 Å². The maximum atomic E-state index is 12.5. The van der Waals surface area contributed by atoms with Gasteiger partial charge in [0.1, 0.15) is 5.75 Å². The van der Waals surface area contributed by atoms with Crippen molar-refractivity contribution < 1.29 is 17.9 Å². The van der Waals surface area contributed by atoms with Crippen LogP contribution in [0.3, 0.4) is 0 Å². The van der Waals surface area contributed by atoms with Gasteiger partial charge in [0.2, 0.25) is 5.95 Å². The fourth-order valence-electron chi connectivity index (χ4n) is 4.84. The highest BCUT2D eigenvalue weighted by molar-refractivity contribution is 5.86. The number of ether oxygens (including phenoxy) is 1. The number of fused-ring (bicyclic) bond motifs is 1. The SMILES string of the molecule is N[C@H]1CC[C@H](Nc2nc(Nc3ccc(OC(F)(F)F)cc3)c3ncn(C4CCCC4)c3n2)CC1. The van der Waals surface area contributed by atoms with Gasteiger partial charge in [-0.25, -0.2) is 4.98 Å². The van der Waals surface area contributed by atoms with Gasteiger partial charge in [-0.1, -0.05) is 12.8 Å². The van der Waals surface area contributed by atoms with Crippen LogP contribution in [0.5, 0.6) is 5.75 Å². The Labute approximate surface area is 195 Å². The molecule has 34 heavy (non-hydrogen) atoms. The third kappa shape index (κ3) is 5.19. The summed E-state index contributed by atoms with van der Waals surface area (Å²) in [5.74, 6) is 0.725. The molecule has 0 radical (unpaired) electrons. The van der Waals surface area contributed by atoms with Crippen LogP contribution in [0, 0.1) is 0 Å². The summed E-state index contributed by atoms with van der Waals surface area (Å²) in [7, 11) is 0. The van der Waals surface area contributed by atoms with Crippen molar-refractivity contribution in [2.24, 2.45) is 5.73 Å². The predicted molar refractivity (Wildman–Crippen MR) is 123 cm³/mol. The lowest BCUT2D eigenvalue weighted by molar-refractivity contribution is -0.274. The van der Waals surface area contributed by atoms with E-state index in [-0.39, 0.29) is 17.8 Å². The van der Waals surface area contributed by atoms with E-state index in [1.54, 1.807) is 0 Å². The molecule has 2 aliphatic rings. The van der Waals surface area contributed by atoms with Crippen LogP contribution in [0.1, 0.15) is 57.4 Å². The summed E-state index contributed by atoms with van der Waals surface area (Å²) in [6.45, 7) is 0. The molecule has 182 valence electrons. The zero-order valence-corrected chi connectivity index (χ0v) is 18.7. The van der Waals surface area contributed by atoms with E-state index >= 15 is 0 Å². The number of alkyl halides is 3. The number of benzene rings is 1. The Balaban J connectivity index is 1.44. The van der Waals surface area contributed by atoms with Crippen molar-refractivity contribution in [1.82, 2.24) is 19.5 Å². The van der Waals surface area contributed by atoms with Crippen LogP contribution in [0.2, 0.25) is 0 Å². The van der Waals surface area contributed by atoms with Gasteiger partial charge in [0.05, 0.1) is 6.33 Å². The third-order valence-corrected chi connectivity index (χ3v) is 6.60. The van der Waals surface area contributed by atoms with Crippen LogP contribution in [-0.2, 0) is 0 Å². The minimum absolute atomic E-state index is 0.242. The topological polar surface area (TPSA) is 103 Å². The van der Waals surface area contributed by atoms with Gasteiger partial charge in [-0.2, -0.15) is 9.97 Å². The molecule has 0 bridgehead atoms. The number of nitrogens with one attached hydrogen (secondary N) is 2. The van der Waals surface area contributed by atoms with Crippen molar-refractivity contribution in [2.75, 3.05) is 10.6 Å². The van der Waals surface area contributed by atoms with E-state index in [2.05, 4.69) is 29.9 Å². The normalized spacial score (nSPS) is 21.6. The van der Waals surface area contributed by atoms with E-state index in [0.29, 0.717) is 29.0 Å². The van der Waals surface area contributed by atoms with E-state index in [9.17, 15) is 13.2 Å². The zero-order valence-electron chi connectivity index (χ0n) is 18.7. The Hall–Kier alpha value is -3.08. The highest BCUT2D eigenvalue weighted by Gasteiger charge is 2.31. The molecule has 0 amide bonds. The van der Waals surface area contributed by atoms with Crippen LogP contribution in [0.4, 0.5) is 30.6 Å². The van der Waals surface area contributed by atoms with Gasteiger partial charge < -0.3 is 25.7 Å². The summed E-state index contributed by atoms with van der Waals surface area (Å²) in [5, 5.41) is 6.66. The fourth-order valence-corrected chi connectivity index (χ4v) is 4.84. The van der Waals surface area contributed by atoms with Gasteiger partial charge in [-0.15, -0.1) is 13.2 Å². The maximum absolute atomic E-state index is 12.5. The van der Waals surface area contributed by atoms with Crippen molar-refractivity contribution in [3.8, 4) is 5.75 Å². The minimum atomic E-state index is -4.73. The average molecular weight is 476 g/mol. The van der Waals surface area contributed by atoms with E-state index in [0.717, 1.165) is 44.2 Å². The first-order valence-corrected chi connectivity index (χ1v) is 11.7. The number of aromatic nitrogens is 4. The molecule has 2 aromatic heterocycles. The lowest BCUT2D eigenvalue weighted by Gasteiger charge is -2.27. The van der Waals surface area contributed by atoms with E-state index in [1.807, 2.05) is 6.33 Å². The van der Waals surface area contributed by atoms with Crippen molar-refractivity contribution >= 4 is 28.6 Å². The number of halogens is 3. The number of nitrogens with zero attached hydrogens (tertiary/aromatic N) is 4. The molecular formula is C23H28F3N7O. The first kappa shape index (κ1) is 22.7. The Bertz CT molecular complexity index is 1120. The molecule has 0 saturated heterocycles. The van der Waals surface area contributed by atoms with Crippen LogP contribution in [0.25, 0.3) is 11.2 Å². The number of nitrogens with two attached hydrogens (primary N) is 1. The van der Waals surface area contributed by atoms with Crippen LogP contribution >= 0.6 is 0 Å². The molecule has 0 spiro atoms. The summed E-state index contributed by atoms with van der Waals surface area (Å²) in [6.07, 6.45) is 5.43. The van der Waals surface area contributed by atoms with Gasteiger partial charge in [-0.05, 0) is 62.8 Å². The Morgan fingerprint density at radius 1 is 0.971 bits per heavy atom. The number of rotatable bonds is 6. The standard InChI is InChI=1S/C23H28F3N7O/c24-23(25,26)34-18-11-9-15(10-12-18)29-20-19-21(33(13-28-19)17-3-1-2-4-17)32-22(31-20)30-16-7-5-14(27)6-8-16/h9-14,16-17H,1-8,27H2,(H2,29,30,31,32)/t14-,16-. The lowest BCUT2D eigenvalue weighted by Crippen LogP contribution is -2.33. The van der Waals surface area contributed by atoms with E-state index in [1.165, 1.54) is 37.1 Å². The molecular weight excluding hydrogens is 447 g/mol. The maximum Gasteiger partial charge on any atom is 0.573 e. The largest absolute Gasteiger partial charge is 0.573 e. The first-order valence-electron chi connectivity index (χ1n) is 11.7. The summed E-state index contributed by atoms with van der Waals surface area (Å²) < 4.78 is 43.5. The molecule has 5 rings (SSSR count). The first-order chi connectivity index (χ1) is 16.3. The molecule has 3 aromatic rings. The average Bonchev–Trinajstić information content (AvgIpc) is 3.46. The van der Waals surface area contributed by atoms with Gasteiger partial charge in [0.25, 0.3) is 0 Å². The summed E-state index contributed by atoms with van der Waals surface area (Å²) in [6, 6.07) is 6.38. The van der Waals surface area contributed by atoms with Gasteiger partial charge in [0.15, 0.2) is 17.0 Å². The highest BCUT2D eigenvalue weighted by atomic mass is 19.4. The molecule has 0 atom stereocenters. The molecule has 0 unspecified atom stereocenters. The second-order valence-corrected chi connectivity index (χ2v) is 9.11. The Morgan fingerprint density at radius 2 is 1.68 bits per heavy atom. The second kappa shape index (κ2) is 9.28. The van der Waals surface area contributed by atoms with Gasteiger partial charge in [-0.3, -0.25) is 0 Å². The minimum Gasteiger partial charge on any atom is -0.406 e. The zero-order chi connectivity index (χ0) is 23.7. The summed E-state index contributed by atoms with van der Waals surface area (Å²) >= 11 is 0. The number of anilines is 3. The number of imidazole rings is 1. The van der Waals surface area contributed by atoms with Crippen molar-refractivity contribution in [3.05, 3.63) is 30.6 Å². The Kier molecular flexibility index (Phi) is 6.20. The molecule has 2 fully saturated rings. The molecule has 2 saturated carbocycles. The summed E-state index contributed by atoms with van der Waals surface area (Å²) in [5.41, 5.74) is 7.98. The molecule has 2 heterocycles. The second-order valence-electron chi connectivity index (χ2n) is 9.11. The Morgan fingerprint density at radius 3 is 2.35 bits per heavy atom. The third-order valence-electron chi connectivity index (χ3n) is 6.60. The van der Waals surface area contributed by atoms with E-state index < -0.39 is 6.36 Å². The molecule has 8 nitrogen and oxygen atoms in total. The highest BCUT2D eigenvalue weighted by Crippen LogP contribution is 2.34. The number of hydrogen-bond acceptors (Lipinski definition) is 7. The van der Waals surface area contributed by atoms with Crippen LogP contribution in [0.15, 0.2) is 30.6 Å². The van der Waals surface area contributed by atoms with Crippen molar-refractivity contribution in [1.29, 1.82) is 0 Å². The van der Waals surface area contributed by atoms with Gasteiger partial charge in [0, 0.05) is 23.8 Å². The quantitative estimate of drug-likeness (QED) is 0.447. The predicted octanol–water partition coefficient (Wildman–Crippen LogP) is 5.27. The van der Waals surface area contributed by atoms with Gasteiger partial charge >= 0.3 is 6.36 Å². The molecule has 11 heteroatoms. The molecule has 4 N–H and O–H groups in total. The monoisotopic (exact) mass is 475 g/mol. The number of hydrogen-bond donors (Lipinski definition) is 3. The molecule has 0 aliphatic heterocycles. The van der Waals surface area contributed by atoms with Crippen molar-refractivity contribution in [3.63, 3.8) is 0 Å². The van der Waals surface area contributed by atoms with Crippen molar-refractivity contribution in [2.45, 2.75) is 75.9 Å². The summed E-state index contributed by atoms with van der Waals surface area (Å²) in [4.78, 5) is 14.1. The fraction of sp³-hybridized carbons (Fsp3) is 0.522. The van der Waals surface area contributed by atoms with Crippen LogP contribution < -0.4 is 21.1 Å². The molecule has 2 aliphatic carbocycles. The smallest absolute Gasteiger partial charge is 0.406 e. The van der Waals surface area contributed by atoms with E-state index in [4.69, 9.17) is 10.7 Å². The lowest BCUT2D eigenvalue weighted by atomic mass is 9.92.